The number of aromatic nitrogens is 3. The van der Waals surface area contributed by atoms with Crippen molar-refractivity contribution in [1.29, 1.82) is 0 Å². The maximum atomic E-state index is 6.10. The molecule has 0 aliphatic rings. The van der Waals surface area contributed by atoms with E-state index in [1.807, 2.05) is 36.4 Å². The Kier molecular flexibility index (Phi) is 7.41. The highest BCUT2D eigenvalue weighted by Crippen LogP contribution is 2.22. The van der Waals surface area contributed by atoms with Gasteiger partial charge in [0.2, 0.25) is 0 Å². The maximum absolute atomic E-state index is 6.10. The molecule has 3 aromatic rings. The topological polar surface area (TPSA) is 88.2 Å². The highest BCUT2D eigenvalue weighted by molar-refractivity contribution is 6.30. The summed E-state index contributed by atoms with van der Waals surface area (Å²) in [4.78, 5) is 12.9. The molecule has 0 aliphatic carbocycles. The van der Waals surface area contributed by atoms with E-state index in [2.05, 4.69) is 50.7 Å². The quantitative estimate of drug-likeness (QED) is 0.421. The number of nitrogens with zero attached hydrogens (tertiary/aromatic N) is 4. The van der Waals surface area contributed by atoms with Gasteiger partial charge in [-0.3, -0.25) is 9.98 Å². The van der Waals surface area contributed by atoms with Gasteiger partial charge in [-0.15, -0.1) is 0 Å². The first-order valence-corrected chi connectivity index (χ1v) is 10.3. The van der Waals surface area contributed by atoms with Gasteiger partial charge in [0, 0.05) is 37.8 Å². The third kappa shape index (κ3) is 6.56. The predicted octanol–water partition coefficient (Wildman–Crippen LogP) is 3.76. The zero-order chi connectivity index (χ0) is 21.4. The van der Waals surface area contributed by atoms with E-state index in [0.717, 1.165) is 23.9 Å². The van der Waals surface area contributed by atoms with E-state index in [4.69, 9.17) is 16.1 Å². The number of rotatable bonds is 8. The van der Waals surface area contributed by atoms with Crippen LogP contribution < -0.4 is 10.6 Å². The number of nitrogens with one attached hydrogen (secondary N) is 2. The van der Waals surface area contributed by atoms with Crippen molar-refractivity contribution < 1.29 is 4.52 Å². The average Bonchev–Trinajstić information content (AvgIpc) is 3.20. The van der Waals surface area contributed by atoms with Gasteiger partial charge in [-0.25, -0.2) is 0 Å². The molecule has 0 bridgehead atoms. The fourth-order valence-electron chi connectivity index (χ4n) is 3.05. The first-order valence-electron chi connectivity index (χ1n) is 9.88. The second kappa shape index (κ2) is 10.2. The summed E-state index contributed by atoms with van der Waals surface area (Å²) in [6.07, 6.45) is 3.23. The Hall–Kier alpha value is -2.93. The Morgan fingerprint density at radius 3 is 2.77 bits per heavy atom. The van der Waals surface area contributed by atoms with Crippen molar-refractivity contribution in [3.8, 4) is 11.6 Å². The Labute approximate surface area is 182 Å². The molecular formula is C22H27ClN6O. The molecule has 0 spiro atoms. The third-order valence-electron chi connectivity index (χ3n) is 4.52. The SMILES string of the molecule is CN=C(NCCc1noc(-c2ccccn2)n1)NCC(C)(C)Cc1cccc(Cl)c1. The minimum atomic E-state index is 0.0353. The van der Waals surface area contributed by atoms with Crippen LogP contribution in [0.2, 0.25) is 5.02 Å². The Balaban J connectivity index is 1.45. The average molecular weight is 427 g/mol. The van der Waals surface area contributed by atoms with Crippen LogP contribution in [0, 0.1) is 5.41 Å². The molecular weight excluding hydrogens is 400 g/mol. The fourth-order valence-corrected chi connectivity index (χ4v) is 3.26. The second-order valence-electron chi connectivity index (χ2n) is 7.80. The van der Waals surface area contributed by atoms with Crippen molar-refractivity contribution in [3.05, 3.63) is 65.1 Å². The molecule has 8 heteroatoms. The van der Waals surface area contributed by atoms with E-state index in [1.54, 1.807) is 13.2 Å². The Morgan fingerprint density at radius 1 is 1.17 bits per heavy atom. The summed E-state index contributed by atoms with van der Waals surface area (Å²) in [6.45, 7) is 5.83. The van der Waals surface area contributed by atoms with E-state index in [-0.39, 0.29) is 5.41 Å². The lowest BCUT2D eigenvalue weighted by atomic mass is 9.86. The summed E-state index contributed by atoms with van der Waals surface area (Å²) in [5.74, 6) is 1.79. The number of guanidine groups is 1. The summed E-state index contributed by atoms with van der Waals surface area (Å²) < 4.78 is 5.29. The zero-order valence-corrected chi connectivity index (χ0v) is 18.3. The minimum absolute atomic E-state index is 0.0353. The van der Waals surface area contributed by atoms with Crippen molar-refractivity contribution in [2.45, 2.75) is 26.7 Å². The lowest BCUT2D eigenvalue weighted by Crippen LogP contribution is -2.43. The summed E-state index contributed by atoms with van der Waals surface area (Å²) in [5.41, 5.74) is 1.93. The Morgan fingerprint density at radius 2 is 2.03 bits per heavy atom. The number of aliphatic imine (C=N–C) groups is 1. The van der Waals surface area contributed by atoms with Gasteiger partial charge in [-0.1, -0.05) is 48.8 Å². The van der Waals surface area contributed by atoms with Gasteiger partial charge < -0.3 is 15.2 Å². The van der Waals surface area contributed by atoms with Crippen molar-refractivity contribution >= 4 is 17.6 Å². The van der Waals surface area contributed by atoms with Crippen LogP contribution in [-0.4, -0.2) is 41.2 Å². The smallest absolute Gasteiger partial charge is 0.276 e. The first kappa shape index (κ1) is 21.8. The molecule has 158 valence electrons. The first-order chi connectivity index (χ1) is 14.4. The van der Waals surface area contributed by atoms with Crippen LogP contribution >= 0.6 is 11.6 Å². The van der Waals surface area contributed by atoms with Crippen LogP contribution in [0.1, 0.15) is 25.2 Å². The van der Waals surface area contributed by atoms with Crippen LogP contribution in [0.4, 0.5) is 0 Å². The van der Waals surface area contributed by atoms with Gasteiger partial charge >= 0.3 is 0 Å². The standard InChI is InChI=1S/C22H27ClN6O/c1-22(2,14-16-7-6-8-17(23)13-16)15-27-21(24-3)26-12-10-19-28-20(30-29-19)18-9-4-5-11-25-18/h4-9,11,13H,10,12,14-15H2,1-3H3,(H2,24,26,27). The molecule has 2 aromatic heterocycles. The number of halogens is 1. The van der Waals surface area contributed by atoms with Crippen molar-refractivity contribution in [2.24, 2.45) is 10.4 Å². The molecule has 0 amide bonds. The molecule has 0 radical (unpaired) electrons. The molecule has 3 rings (SSSR count). The largest absolute Gasteiger partial charge is 0.356 e. The van der Waals surface area contributed by atoms with Crippen LogP contribution in [-0.2, 0) is 12.8 Å². The van der Waals surface area contributed by atoms with E-state index < -0.39 is 0 Å². The van der Waals surface area contributed by atoms with Crippen LogP contribution in [0.15, 0.2) is 58.2 Å². The molecule has 2 N–H and O–H groups in total. The fraction of sp³-hybridized carbons (Fsp3) is 0.364. The van der Waals surface area contributed by atoms with Gasteiger partial charge in [-0.05, 0) is 41.7 Å². The normalized spacial score (nSPS) is 12.1. The highest BCUT2D eigenvalue weighted by Gasteiger charge is 2.19. The second-order valence-corrected chi connectivity index (χ2v) is 8.24. The minimum Gasteiger partial charge on any atom is -0.356 e. The van der Waals surface area contributed by atoms with Crippen molar-refractivity contribution in [1.82, 2.24) is 25.8 Å². The molecule has 7 nitrogen and oxygen atoms in total. The molecule has 0 saturated heterocycles. The van der Waals surface area contributed by atoms with Crippen LogP contribution in [0.3, 0.4) is 0 Å². The van der Waals surface area contributed by atoms with E-state index in [0.29, 0.717) is 30.4 Å². The zero-order valence-electron chi connectivity index (χ0n) is 17.5. The van der Waals surface area contributed by atoms with Gasteiger partial charge in [-0.2, -0.15) is 4.98 Å². The van der Waals surface area contributed by atoms with E-state index in [9.17, 15) is 0 Å². The van der Waals surface area contributed by atoms with E-state index in [1.165, 1.54) is 5.56 Å². The molecule has 30 heavy (non-hydrogen) atoms. The monoisotopic (exact) mass is 426 g/mol. The molecule has 1 aromatic carbocycles. The van der Waals surface area contributed by atoms with Crippen molar-refractivity contribution in [3.63, 3.8) is 0 Å². The lowest BCUT2D eigenvalue weighted by Gasteiger charge is -2.26. The number of hydrogen-bond acceptors (Lipinski definition) is 5. The lowest BCUT2D eigenvalue weighted by molar-refractivity contribution is 0.359. The van der Waals surface area contributed by atoms with Crippen LogP contribution in [0.5, 0.6) is 0 Å². The summed E-state index contributed by atoms with van der Waals surface area (Å²) in [5, 5.41) is 11.5. The molecule has 0 aliphatic heterocycles. The van der Waals surface area contributed by atoms with Gasteiger partial charge in [0.25, 0.3) is 5.89 Å². The van der Waals surface area contributed by atoms with Crippen molar-refractivity contribution in [2.75, 3.05) is 20.1 Å². The predicted molar refractivity (Wildman–Crippen MR) is 120 cm³/mol. The number of hydrogen-bond donors (Lipinski definition) is 2. The highest BCUT2D eigenvalue weighted by atomic mass is 35.5. The number of pyridine rings is 1. The summed E-state index contributed by atoms with van der Waals surface area (Å²) in [7, 11) is 1.76. The third-order valence-corrected chi connectivity index (χ3v) is 4.76. The van der Waals surface area contributed by atoms with E-state index >= 15 is 0 Å². The van der Waals surface area contributed by atoms with Gasteiger partial charge in [0.05, 0.1) is 0 Å². The Bertz CT molecular complexity index is 971. The number of benzene rings is 1. The van der Waals surface area contributed by atoms with Gasteiger partial charge in [0.1, 0.15) is 5.69 Å². The van der Waals surface area contributed by atoms with Gasteiger partial charge in [0.15, 0.2) is 11.8 Å². The van der Waals surface area contributed by atoms with Crippen LogP contribution in [0.25, 0.3) is 11.6 Å². The molecule has 0 fully saturated rings. The molecule has 2 heterocycles. The maximum Gasteiger partial charge on any atom is 0.276 e. The molecule has 0 atom stereocenters. The summed E-state index contributed by atoms with van der Waals surface area (Å²) in [6, 6.07) is 13.6. The summed E-state index contributed by atoms with van der Waals surface area (Å²) >= 11 is 6.10. The molecule has 0 unspecified atom stereocenters. The molecule has 0 saturated carbocycles.